The Morgan fingerprint density at radius 3 is 2.00 bits per heavy atom. The highest BCUT2D eigenvalue weighted by molar-refractivity contribution is 5.30. The molecule has 0 fully saturated rings. The van der Waals surface area contributed by atoms with Crippen molar-refractivity contribution in [2.75, 3.05) is 0 Å². The lowest BCUT2D eigenvalue weighted by molar-refractivity contribution is 0.130. The first-order chi connectivity index (χ1) is 13.1. The van der Waals surface area contributed by atoms with Gasteiger partial charge < -0.3 is 15.2 Å². The monoisotopic (exact) mass is 361 g/mol. The molecule has 0 saturated carbocycles. The highest BCUT2D eigenvalue weighted by Gasteiger charge is 2.18. The molecule has 0 amide bonds. The molecule has 3 aromatic carbocycles. The van der Waals surface area contributed by atoms with Gasteiger partial charge in [-0.05, 0) is 42.7 Å². The van der Waals surface area contributed by atoms with Crippen molar-refractivity contribution in [1.29, 1.82) is 0 Å². The molecule has 3 aromatic rings. The molecule has 0 bridgehead atoms. The van der Waals surface area contributed by atoms with Crippen molar-refractivity contribution in [2.24, 2.45) is 0 Å². The van der Waals surface area contributed by atoms with Gasteiger partial charge >= 0.3 is 0 Å². The second-order valence-corrected chi connectivity index (χ2v) is 6.88. The first-order valence-corrected chi connectivity index (χ1v) is 9.39. The van der Waals surface area contributed by atoms with Gasteiger partial charge in [0.2, 0.25) is 0 Å². The van der Waals surface area contributed by atoms with Crippen LogP contribution in [0.2, 0.25) is 0 Å². The zero-order chi connectivity index (χ0) is 19.1. The average molecular weight is 361 g/mol. The summed E-state index contributed by atoms with van der Waals surface area (Å²) in [7, 11) is 0. The Balaban J connectivity index is 1.55. The third-order valence-corrected chi connectivity index (χ3v) is 4.76. The third kappa shape index (κ3) is 5.43. The zero-order valence-corrected chi connectivity index (χ0v) is 15.9. The highest BCUT2D eigenvalue weighted by atomic mass is 16.5. The van der Waals surface area contributed by atoms with Crippen LogP contribution in [0.3, 0.4) is 0 Å². The number of rotatable bonds is 8. The van der Waals surface area contributed by atoms with Crippen molar-refractivity contribution >= 4 is 0 Å². The molecule has 3 heteroatoms. The normalized spacial score (nSPS) is 14.3. The van der Waals surface area contributed by atoms with E-state index in [1.165, 1.54) is 5.56 Å². The van der Waals surface area contributed by atoms with Gasteiger partial charge in [-0.1, -0.05) is 72.8 Å². The summed E-state index contributed by atoms with van der Waals surface area (Å²) in [5.74, 6) is 0.799. The van der Waals surface area contributed by atoms with E-state index in [1.54, 1.807) is 0 Å². The lowest BCUT2D eigenvalue weighted by Gasteiger charge is -2.25. The molecule has 0 aliphatic carbocycles. The van der Waals surface area contributed by atoms with E-state index in [4.69, 9.17) is 4.74 Å². The van der Waals surface area contributed by atoms with Gasteiger partial charge in [0.15, 0.2) is 0 Å². The lowest BCUT2D eigenvalue weighted by atomic mass is 10.0. The summed E-state index contributed by atoms with van der Waals surface area (Å²) < 4.78 is 5.81. The van der Waals surface area contributed by atoms with E-state index in [2.05, 4.69) is 24.4 Å². The van der Waals surface area contributed by atoms with Crippen molar-refractivity contribution in [2.45, 2.75) is 38.6 Å². The molecule has 0 spiro atoms. The van der Waals surface area contributed by atoms with E-state index in [1.807, 2.05) is 79.7 Å². The van der Waals surface area contributed by atoms with Crippen molar-refractivity contribution in [3.8, 4) is 5.75 Å². The SMILES string of the molecule is C[C@@H](N[C@H](C)[C@@H](O)c1ccc(OCc2ccccc2)cc1)c1ccccc1. The fourth-order valence-corrected chi connectivity index (χ4v) is 3.11. The molecule has 0 heterocycles. The predicted molar refractivity (Wildman–Crippen MR) is 110 cm³/mol. The number of hydrogen-bond donors (Lipinski definition) is 2. The number of aliphatic hydroxyl groups excluding tert-OH is 1. The lowest BCUT2D eigenvalue weighted by Crippen LogP contribution is -2.34. The van der Waals surface area contributed by atoms with E-state index < -0.39 is 6.10 Å². The topological polar surface area (TPSA) is 41.5 Å². The molecule has 0 aliphatic rings. The second kappa shape index (κ2) is 9.36. The van der Waals surface area contributed by atoms with Crippen molar-refractivity contribution in [1.82, 2.24) is 5.32 Å². The van der Waals surface area contributed by atoms with Crippen LogP contribution in [0.1, 0.15) is 42.7 Å². The first kappa shape index (κ1) is 19.2. The van der Waals surface area contributed by atoms with Crippen LogP contribution < -0.4 is 10.1 Å². The summed E-state index contributed by atoms with van der Waals surface area (Å²) in [6, 6.07) is 28.1. The molecule has 0 aliphatic heterocycles. The predicted octanol–water partition coefficient (Wildman–Crippen LogP) is 5.04. The molecule has 0 radical (unpaired) electrons. The van der Waals surface area contributed by atoms with Crippen LogP contribution in [0.5, 0.6) is 5.75 Å². The molecule has 0 aromatic heterocycles. The molecule has 0 unspecified atom stereocenters. The molecule has 3 atom stereocenters. The van der Waals surface area contributed by atoms with Crippen LogP contribution in [-0.4, -0.2) is 11.1 Å². The Bertz CT molecular complexity index is 803. The van der Waals surface area contributed by atoms with Crippen LogP contribution in [0.4, 0.5) is 0 Å². The van der Waals surface area contributed by atoms with Crippen LogP contribution >= 0.6 is 0 Å². The van der Waals surface area contributed by atoms with Gasteiger partial charge in [-0.2, -0.15) is 0 Å². The first-order valence-electron chi connectivity index (χ1n) is 9.39. The summed E-state index contributed by atoms with van der Waals surface area (Å²) in [5.41, 5.74) is 3.22. The number of nitrogens with one attached hydrogen (secondary N) is 1. The van der Waals surface area contributed by atoms with Gasteiger partial charge in [-0.3, -0.25) is 0 Å². The smallest absolute Gasteiger partial charge is 0.119 e. The highest BCUT2D eigenvalue weighted by Crippen LogP contribution is 2.23. The Morgan fingerprint density at radius 2 is 1.37 bits per heavy atom. The van der Waals surface area contributed by atoms with E-state index in [0.29, 0.717) is 6.61 Å². The average Bonchev–Trinajstić information content (AvgIpc) is 2.73. The fraction of sp³-hybridized carbons (Fsp3) is 0.250. The number of hydrogen-bond acceptors (Lipinski definition) is 3. The van der Waals surface area contributed by atoms with E-state index in [0.717, 1.165) is 16.9 Å². The van der Waals surface area contributed by atoms with Crippen LogP contribution in [0.15, 0.2) is 84.9 Å². The van der Waals surface area contributed by atoms with Crippen LogP contribution in [-0.2, 0) is 6.61 Å². The Hall–Kier alpha value is -2.62. The van der Waals surface area contributed by atoms with E-state index in [9.17, 15) is 5.11 Å². The van der Waals surface area contributed by atoms with Gasteiger partial charge in [-0.25, -0.2) is 0 Å². The van der Waals surface area contributed by atoms with Gasteiger partial charge in [-0.15, -0.1) is 0 Å². The summed E-state index contributed by atoms with van der Waals surface area (Å²) in [5, 5.41) is 14.2. The molecule has 3 rings (SSSR count). The number of benzene rings is 3. The molecule has 3 nitrogen and oxygen atoms in total. The zero-order valence-electron chi connectivity index (χ0n) is 15.9. The summed E-state index contributed by atoms with van der Waals surface area (Å²) in [4.78, 5) is 0. The minimum Gasteiger partial charge on any atom is -0.489 e. The summed E-state index contributed by atoms with van der Waals surface area (Å²) in [6.45, 7) is 4.65. The van der Waals surface area contributed by atoms with Crippen LogP contribution in [0.25, 0.3) is 0 Å². The Labute approximate surface area is 161 Å². The minimum atomic E-state index is -0.584. The summed E-state index contributed by atoms with van der Waals surface area (Å²) >= 11 is 0. The standard InChI is InChI=1S/C24H27NO2/c1-18(21-11-7-4-8-12-21)25-19(2)24(26)22-13-15-23(16-14-22)27-17-20-9-5-3-6-10-20/h3-16,18-19,24-26H,17H2,1-2H3/t18-,19-,24-/m1/s1. The second-order valence-electron chi connectivity index (χ2n) is 6.88. The molecular weight excluding hydrogens is 334 g/mol. The molecular formula is C24H27NO2. The minimum absolute atomic E-state index is 0.0729. The molecule has 0 saturated heterocycles. The van der Waals surface area contributed by atoms with Gasteiger partial charge in [0.25, 0.3) is 0 Å². The quantitative estimate of drug-likeness (QED) is 0.591. The molecule has 2 N–H and O–H groups in total. The Kier molecular flexibility index (Phi) is 6.64. The maximum absolute atomic E-state index is 10.7. The van der Waals surface area contributed by atoms with Crippen molar-refractivity contribution in [3.05, 3.63) is 102 Å². The van der Waals surface area contributed by atoms with E-state index in [-0.39, 0.29) is 12.1 Å². The maximum Gasteiger partial charge on any atom is 0.119 e. The van der Waals surface area contributed by atoms with Crippen LogP contribution in [0, 0.1) is 0 Å². The van der Waals surface area contributed by atoms with Crippen molar-refractivity contribution in [3.63, 3.8) is 0 Å². The largest absolute Gasteiger partial charge is 0.489 e. The van der Waals surface area contributed by atoms with Crippen molar-refractivity contribution < 1.29 is 9.84 Å². The van der Waals surface area contributed by atoms with E-state index >= 15 is 0 Å². The third-order valence-electron chi connectivity index (χ3n) is 4.76. The molecule has 140 valence electrons. The number of ether oxygens (including phenoxy) is 1. The Morgan fingerprint density at radius 1 is 0.778 bits per heavy atom. The fourth-order valence-electron chi connectivity index (χ4n) is 3.11. The maximum atomic E-state index is 10.7. The van der Waals surface area contributed by atoms with Gasteiger partial charge in [0, 0.05) is 12.1 Å². The molecule has 27 heavy (non-hydrogen) atoms. The summed E-state index contributed by atoms with van der Waals surface area (Å²) in [6.07, 6.45) is -0.584. The van der Waals surface area contributed by atoms with Gasteiger partial charge in [0.1, 0.15) is 12.4 Å². The number of aliphatic hydroxyl groups is 1. The van der Waals surface area contributed by atoms with Gasteiger partial charge in [0.05, 0.1) is 6.10 Å².